The van der Waals surface area contributed by atoms with Crippen molar-refractivity contribution in [1.29, 1.82) is 0 Å². The van der Waals surface area contributed by atoms with Crippen molar-refractivity contribution < 1.29 is 4.74 Å². The Hall–Kier alpha value is -7.08. The highest BCUT2D eigenvalue weighted by Gasteiger charge is 2.24. The monoisotopic (exact) mass is 749 g/mol. The smallest absolute Gasteiger partial charge is 0.160 e. The third-order valence-corrected chi connectivity index (χ3v) is 11.5. The number of hydrogen-bond donors (Lipinski definition) is 0. The van der Waals surface area contributed by atoms with Gasteiger partial charge in [0.25, 0.3) is 0 Å². The van der Waals surface area contributed by atoms with Gasteiger partial charge in [0.15, 0.2) is 5.82 Å². The molecule has 9 aromatic rings. The maximum absolute atomic E-state index is 6.74. The van der Waals surface area contributed by atoms with E-state index in [1.807, 2.05) is 48.5 Å². The maximum Gasteiger partial charge on any atom is 0.160 e. The number of benzene rings is 7. The van der Waals surface area contributed by atoms with Crippen molar-refractivity contribution in [2.45, 2.75) is 16.7 Å². The van der Waals surface area contributed by atoms with Crippen molar-refractivity contribution in [3.63, 3.8) is 0 Å². The van der Waals surface area contributed by atoms with Gasteiger partial charge in [0.2, 0.25) is 0 Å². The lowest BCUT2D eigenvalue weighted by molar-refractivity contribution is 0.456. The lowest BCUT2D eigenvalue weighted by atomic mass is 9.89. The van der Waals surface area contributed by atoms with Gasteiger partial charge < -0.3 is 4.74 Å². The van der Waals surface area contributed by atoms with Crippen LogP contribution in [0.3, 0.4) is 0 Å². The summed E-state index contributed by atoms with van der Waals surface area (Å²) in [4.78, 5) is 17.9. The van der Waals surface area contributed by atoms with E-state index in [0.717, 1.165) is 99.7 Å². The molecular formula is C52H35N3OS. The van der Waals surface area contributed by atoms with Crippen LogP contribution in [0.1, 0.15) is 5.56 Å². The topological polar surface area (TPSA) is 47.9 Å². The summed E-state index contributed by atoms with van der Waals surface area (Å²) >= 11 is 1.74. The van der Waals surface area contributed by atoms with Crippen LogP contribution in [0.15, 0.2) is 204 Å². The van der Waals surface area contributed by atoms with Gasteiger partial charge in [-0.2, -0.15) is 0 Å². The predicted octanol–water partition coefficient (Wildman–Crippen LogP) is 14.1. The molecule has 57 heavy (non-hydrogen) atoms. The molecular weight excluding hydrogens is 715 g/mol. The first kappa shape index (κ1) is 34.4. The molecule has 0 radical (unpaired) electrons. The molecule has 0 saturated carbocycles. The van der Waals surface area contributed by atoms with Gasteiger partial charge in [0.1, 0.15) is 11.5 Å². The number of para-hydroxylation sites is 2. The minimum atomic E-state index is 0.664. The molecule has 10 rings (SSSR count). The number of hydrogen-bond acceptors (Lipinski definition) is 5. The van der Waals surface area contributed by atoms with Crippen LogP contribution in [0.2, 0.25) is 0 Å². The summed E-state index contributed by atoms with van der Waals surface area (Å²) in [7, 11) is 0. The number of aromatic nitrogens is 3. The van der Waals surface area contributed by atoms with E-state index in [4.69, 9.17) is 19.7 Å². The van der Waals surface area contributed by atoms with E-state index in [2.05, 4.69) is 153 Å². The molecule has 7 aromatic carbocycles. The second-order valence-electron chi connectivity index (χ2n) is 14.0. The van der Waals surface area contributed by atoms with Crippen molar-refractivity contribution in [2.75, 3.05) is 0 Å². The fourth-order valence-corrected chi connectivity index (χ4v) is 8.51. The average molecular weight is 750 g/mol. The third kappa shape index (κ3) is 6.69. The zero-order valence-corrected chi connectivity index (χ0v) is 31.9. The van der Waals surface area contributed by atoms with Crippen LogP contribution in [0, 0.1) is 6.92 Å². The van der Waals surface area contributed by atoms with Crippen LogP contribution < -0.4 is 4.74 Å². The SMILES string of the molecule is Cc1c(-c2ccc(-c3cccc4c3Oc3ccccc3S4)c(-c3cc(-c4ccccc4)nc(-c4ccccc4)n3)c2)cc(-c2ccccc2)nc1-c1ccccc1. The average Bonchev–Trinajstić information content (AvgIpc) is 3.29. The fourth-order valence-electron chi connectivity index (χ4n) is 7.52. The van der Waals surface area contributed by atoms with Gasteiger partial charge in [0, 0.05) is 33.4 Å². The van der Waals surface area contributed by atoms with Gasteiger partial charge >= 0.3 is 0 Å². The quantitative estimate of drug-likeness (QED) is 0.162. The van der Waals surface area contributed by atoms with Crippen molar-refractivity contribution in [3.8, 4) is 90.2 Å². The standard InChI is InChI=1S/C52H35N3OS/c1-34-42(32-44(35-17-6-2-7-18-35)53-50(34)37-21-10-4-11-22-37)39-29-30-40(41-25-16-28-49-51(41)56-47-26-14-15-27-48(47)57-49)43(31-39)46-33-45(36-19-8-3-9-20-36)54-52(55-46)38-23-12-5-13-24-38/h2-33H,1H3. The summed E-state index contributed by atoms with van der Waals surface area (Å²) in [5, 5.41) is 0. The maximum atomic E-state index is 6.74. The lowest BCUT2D eigenvalue weighted by Gasteiger charge is -2.23. The van der Waals surface area contributed by atoms with Gasteiger partial charge in [-0.1, -0.05) is 169 Å². The first-order chi connectivity index (χ1) is 28.2. The van der Waals surface area contributed by atoms with Crippen molar-refractivity contribution >= 4 is 11.8 Å². The fraction of sp³-hybridized carbons (Fsp3) is 0.0192. The van der Waals surface area contributed by atoms with Gasteiger partial charge in [0.05, 0.1) is 32.6 Å². The number of fused-ring (bicyclic) bond motifs is 2. The van der Waals surface area contributed by atoms with Gasteiger partial charge in [-0.15, -0.1) is 0 Å². The van der Waals surface area contributed by atoms with Gasteiger partial charge in [-0.3, -0.25) is 0 Å². The number of nitrogens with zero attached hydrogens (tertiary/aromatic N) is 3. The van der Waals surface area contributed by atoms with Crippen molar-refractivity contribution in [1.82, 2.24) is 15.0 Å². The highest BCUT2D eigenvalue weighted by Crippen LogP contribution is 2.52. The minimum absolute atomic E-state index is 0.664. The Balaban J connectivity index is 1.24. The van der Waals surface area contributed by atoms with Gasteiger partial charge in [-0.25, -0.2) is 15.0 Å². The summed E-state index contributed by atoms with van der Waals surface area (Å²) < 4.78 is 6.74. The minimum Gasteiger partial charge on any atom is -0.454 e. The summed E-state index contributed by atoms with van der Waals surface area (Å²) in [5.74, 6) is 2.36. The van der Waals surface area contributed by atoms with Crippen LogP contribution in [0.25, 0.3) is 78.7 Å². The van der Waals surface area contributed by atoms with Crippen LogP contribution in [-0.2, 0) is 0 Å². The van der Waals surface area contributed by atoms with Crippen molar-refractivity contribution in [2.24, 2.45) is 0 Å². The highest BCUT2D eigenvalue weighted by atomic mass is 32.2. The predicted molar refractivity (Wildman–Crippen MR) is 233 cm³/mol. The molecule has 270 valence electrons. The molecule has 0 atom stereocenters. The second-order valence-corrected chi connectivity index (χ2v) is 15.1. The van der Waals surface area contributed by atoms with E-state index in [0.29, 0.717) is 5.82 Å². The Morgan fingerprint density at radius 1 is 0.386 bits per heavy atom. The summed E-state index contributed by atoms with van der Waals surface area (Å²) in [6.07, 6.45) is 0. The Labute approximate surface area is 336 Å². The molecule has 0 N–H and O–H groups in total. The molecule has 1 aliphatic rings. The lowest BCUT2D eigenvalue weighted by Crippen LogP contribution is -2.00. The largest absolute Gasteiger partial charge is 0.454 e. The Bertz CT molecular complexity index is 2840. The molecule has 0 saturated heterocycles. The van der Waals surface area contributed by atoms with E-state index in [1.165, 1.54) is 0 Å². The summed E-state index contributed by atoms with van der Waals surface area (Å²) in [5.41, 5.74) is 13.9. The number of ether oxygens (including phenoxy) is 1. The van der Waals surface area contributed by atoms with E-state index in [9.17, 15) is 0 Å². The van der Waals surface area contributed by atoms with Crippen LogP contribution in [0.5, 0.6) is 11.5 Å². The Morgan fingerprint density at radius 2 is 0.965 bits per heavy atom. The van der Waals surface area contributed by atoms with E-state index in [-0.39, 0.29) is 0 Å². The molecule has 0 spiro atoms. The molecule has 4 nitrogen and oxygen atoms in total. The molecule has 0 amide bonds. The molecule has 0 bridgehead atoms. The van der Waals surface area contributed by atoms with Crippen LogP contribution in [0.4, 0.5) is 0 Å². The second kappa shape index (κ2) is 14.9. The molecule has 3 heterocycles. The van der Waals surface area contributed by atoms with Crippen LogP contribution in [-0.4, -0.2) is 15.0 Å². The van der Waals surface area contributed by atoms with Crippen molar-refractivity contribution in [3.05, 3.63) is 200 Å². The Kier molecular flexibility index (Phi) is 8.98. The Morgan fingerprint density at radius 3 is 1.67 bits per heavy atom. The first-order valence-electron chi connectivity index (χ1n) is 19.0. The van der Waals surface area contributed by atoms with E-state index >= 15 is 0 Å². The summed E-state index contributed by atoms with van der Waals surface area (Å²) in [6, 6.07) is 67.1. The highest BCUT2D eigenvalue weighted by molar-refractivity contribution is 7.99. The normalized spacial score (nSPS) is 11.7. The summed E-state index contributed by atoms with van der Waals surface area (Å²) in [6.45, 7) is 2.18. The number of rotatable bonds is 7. The molecule has 2 aromatic heterocycles. The van der Waals surface area contributed by atoms with Crippen LogP contribution >= 0.6 is 11.8 Å². The number of pyridine rings is 1. The van der Waals surface area contributed by atoms with Gasteiger partial charge in [-0.05, 0) is 65.6 Å². The zero-order chi connectivity index (χ0) is 38.1. The molecule has 0 aliphatic carbocycles. The third-order valence-electron chi connectivity index (χ3n) is 10.4. The molecule has 0 fully saturated rings. The molecule has 1 aliphatic heterocycles. The van der Waals surface area contributed by atoms with E-state index < -0.39 is 0 Å². The first-order valence-corrected chi connectivity index (χ1v) is 19.8. The van der Waals surface area contributed by atoms with E-state index in [1.54, 1.807) is 11.8 Å². The zero-order valence-electron chi connectivity index (χ0n) is 31.1. The molecule has 0 unspecified atom stereocenters. The molecule has 5 heteroatoms.